The summed E-state index contributed by atoms with van der Waals surface area (Å²) in [5.41, 5.74) is 6.71. The van der Waals surface area contributed by atoms with E-state index in [1.807, 2.05) is 36.2 Å². The van der Waals surface area contributed by atoms with Crippen molar-refractivity contribution in [2.45, 2.75) is 39.2 Å². The van der Waals surface area contributed by atoms with Gasteiger partial charge in [-0.2, -0.15) is 0 Å². The molecule has 0 bridgehead atoms. The molecule has 1 aliphatic rings. The first-order valence-corrected chi connectivity index (χ1v) is 8.05. The van der Waals surface area contributed by atoms with E-state index in [0.29, 0.717) is 24.0 Å². The average molecular weight is 309 g/mol. The minimum atomic E-state index is -0.353. The molecule has 1 saturated carbocycles. The SMILES string of the molecule is CC1CCC(CN)(C(=O)N(C)Cc2ccc(Cl)cc2)CC1. The Morgan fingerprint density at radius 1 is 1.33 bits per heavy atom. The van der Waals surface area contributed by atoms with Gasteiger partial charge >= 0.3 is 0 Å². The van der Waals surface area contributed by atoms with Crippen LogP contribution in [0.15, 0.2) is 24.3 Å². The van der Waals surface area contributed by atoms with Crippen LogP contribution in [0.3, 0.4) is 0 Å². The number of nitrogens with zero attached hydrogens (tertiary/aromatic N) is 1. The van der Waals surface area contributed by atoms with Crippen molar-refractivity contribution < 1.29 is 4.79 Å². The van der Waals surface area contributed by atoms with Crippen LogP contribution in [0.4, 0.5) is 0 Å². The van der Waals surface area contributed by atoms with Crippen LogP contribution in [-0.4, -0.2) is 24.4 Å². The van der Waals surface area contributed by atoms with Crippen LogP contribution in [0.1, 0.15) is 38.2 Å². The molecule has 2 N–H and O–H groups in total. The molecule has 0 radical (unpaired) electrons. The Kier molecular flexibility index (Phi) is 5.28. The molecule has 3 nitrogen and oxygen atoms in total. The summed E-state index contributed by atoms with van der Waals surface area (Å²) in [6.07, 6.45) is 4.01. The Morgan fingerprint density at radius 2 is 1.90 bits per heavy atom. The third-order valence-corrected chi connectivity index (χ3v) is 5.01. The van der Waals surface area contributed by atoms with Gasteiger partial charge in [-0.05, 0) is 49.3 Å². The Hall–Kier alpha value is -1.06. The number of amides is 1. The van der Waals surface area contributed by atoms with Gasteiger partial charge in [0.2, 0.25) is 5.91 Å². The van der Waals surface area contributed by atoms with Crippen LogP contribution in [0.25, 0.3) is 0 Å². The maximum atomic E-state index is 12.8. The van der Waals surface area contributed by atoms with Gasteiger partial charge in [-0.25, -0.2) is 0 Å². The van der Waals surface area contributed by atoms with Crippen molar-refractivity contribution in [2.75, 3.05) is 13.6 Å². The molecule has 1 aromatic rings. The van der Waals surface area contributed by atoms with Gasteiger partial charge in [-0.15, -0.1) is 0 Å². The predicted octanol–water partition coefficient (Wildman–Crippen LogP) is 3.45. The van der Waals surface area contributed by atoms with E-state index in [4.69, 9.17) is 17.3 Å². The van der Waals surface area contributed by atoms with Crippen LogP contribution in [0.5, 0.6) is 0 Å². The summed E-state index contributed by atoms with van der Waals surface area (Å²) < 4.78 is 0. The van der Waals surface area contributed by atoms with E-state index in [-0.39, 0.29) is 11.3 Å². The van der Waals surface area contributed by atoms with E-state index in [0.717, 1.165) is 31.2 Å². The maximum absolute atomic E-state index is 12.8. The van der Waals surface area contributed by atoms with Gasteiger partial charge in [0.15, 0.2) is 0 Å². The summed E-state index contributed by atoms with van der Waals surface area (Å²) in [5.74, 6) is 0.894. The standard InChI is InChI=1S/C17H25ClN2O/c1-13-7-9-17(12-19,10-8-13)16(21)20(2)11-14-3-5-15(18)6-4-14/h3-6,13H,7-12,19H2,1-2H3. The fraction of sp³-hybridized carbons (Fsp3) is 0.588. The summed E-state index contributed by atoms with van der Waals surface area (Å²) >= 11 is 5.89. The number of rotatable bonds is 4. The molecule has 21 heavy (non-hydrogen) atoms. The molecule has 0 aromatic heterocycles. The average Bonchev–Trinajstić information content (AvgIpc) is 2.50. The second-order valence-electron chi connectivity index (χ2n) is 6.45. The summed E-state index contributed by atoms with van der Waals surface area (Å²) in [4.78, 5) is 14.7. The van der Waals surface area contributed by atoms with Crippen molar-refractivity contribution in [1.29, 1.82) is 0 Å². The zero-order valence-corrected chi connectivity index (χ0v) is 13.7. The van der Waals surface area contributed by atoms with Gasteiger partial charge in [0.05, 0.1) is 5.41 Å². The highest BCUT2D eigenvalue weighted by Gasteiger charge is 2.41. The van der Waals surface area contributed by atoms with Crippen LogP contribution in [0, 0.1) is 11.3 Å². The van der Waals surface area contributed by atoms with Gasteiger partial charge in [-0.1, -0.05) is 30.7 Å². The largest absolute Gasteiger partial charge is 0.341 e. The molecule has 0 heterocycles. The van der Waals surface area contributed by atoms with Crippen LogP contribution in [-0.2, 0) is 11.3 Å². The zero-order chi connectivity index (χ0) is 15.5. The fourth-order valence-corrected chi connectivity index (χ4v) is 3.29. The molecule has 1 amide bonds. The van der Waals surface area contributed by atoms with Crippen molar-refractivity contribution in [1.82, 2.24) is 4.90 Å². The van der Waals surface area contributed by atoms with E-state index in [1.165, 1.54) is 0 Å². The molecule has 2 rings (SSSR count). The van der Waals surface area contributed by atoms with Crippen molar-refractivity contribution >= 4 is 17.5 Å². The monoisotopic (exact) mass is 308 g/mol. The van der Waals surface area contributed by atoms with Crippen molar-refractivity contribution in [3.05, 3.63) is 34.9 Å². The first-order valence-electron chi connectivity index (χ1n) is 7.67. The molecule has 0 unspecified atom stereocenters. The number of hydrogen-bond acceptors (Lipinski definition) is 2. The molecular formula is C17H25ClN2O. The number of halogens is 1. The predicted molar refractivity (Wildman–Crippen MR) is 87.0 cm³/mol. The highest BCUT2D eigenvalue weighted by atomic mass is 35.5. The lowest BCUT2D eigenvalue weighted by molar-refractivity contribution is -0.143. The van der Waals surface area contributed by atoms with Crippen LogP contribution in [0.2, 0.25) is 5.02 Å². The fourth-order valence-electron chi connectivity index (χ4n) is 3.16. The quantitative estimate of drug-likeness (QED) is 0.926. The summed E-state index contributed by atoms with van der Waals surface area (Å²) in [5, 5.41) is 0.715. The van der Waals surface area contributed by atoms with Crippen LogP contribution < -0.4 is 5.73 Å². The second kappa shape index (κ2) is 6.80. The Balaban J connectivity index is 2.05. The molecule has 0 saturated heterocycles. The molecule has 0 atom stereocenters. The Morgan fingerprint density at radius 3 is 2.43 bits per heavy atom. The minimum absolute atomic E-state index is 0.187. The minimum Gasteiger partial charge on any atom is -0.341 e. The van der Waals surface area contributed by atoms with Gasteiger partial charge in [-0.3, -0.25) is 4.79 Å². The molecule has 4 heteroatoms. The van der Waals surface area contributed by atoms with Crippen molar-refractivity contribution in [3.63, 3.8) is 0 Å². The lowest BCUT2D eigenvalue weighted by Gasteiger charge is -2.39. The lowest BCUT2D eigenvalue weighted by Crippen LogP contribution is -2.48. The smallest absolute Gasteiger partial charge is 0.230 e. The molecule has 0 aliphatic heterocycles. The third-order valence-electron chi connectivity index (χ3n) is 4.76. The number of nitrogens with two attached hydrogens (primary N) is 1. The second-order valence-corrected chi connectivity index (χ2v) is 6.89. The van der Waals surface area contributed by atoms with E-state index in [2.05, 4.69) is 6.92 Å². The molecule has 1 aromatic carbocycles. The third kappa shape index (κ3) is 3.78. The normalized spacial score (nSPS) is 25.6. The zero-order valence-electron chi connectivity index (χ0n) is 12.9. The van der Waals surface area contributed by atoms with Gasteiger partial charge in [0.1, 0.15) is 0 Å². The van der Waals surface area contributed by atoms with E-state index < -0.39 is 0 Å². The molecule has 0 spiro atoms. The molecule has 1 aliphatic carbocycles. The van der Waals surface area contributed by atoms with Gasteiger partial charge in [0.25, 0.3) is 0 Å². The topological polar surface area (TPSA) is 46.3 Å². The van der Waals surface area contributed by atoms with E-state index in [1.54, 1.807) is 0 Å². The van der Waals surface area contributed by atoms with Gasteiger partial charge in [0, 0.05) is 25.2 Å². The molecule has 1 fully saturated rings. The van der Waals surface area contributed by atoms with Crippen molar-refractivity contribution in [2.24, 2.45) is 17.1 Å². The van der Waals surface area contributed by atoms with Crippen molar-refractivity contribution in [3.8, 4) is 0 Å². The number of hydrogen-bond donors (Lipinski definition) is 1. The first-order chi connectivity index (χ1) is 9.97. The summed E-state index contributed by atoms with van der Waals surface area (Å²) in [7, 11) is 1.87. The highest BCUT2D eigenvalue weighted by Crippen LogP contribution is 2.39. The number of carbonyl (C=O) groups is 1. The van der Waals surface area contributed by atoms with Gasteiger partial charge < -0.3 is 10.6 Å². The first kappa shape index (κ1) is 16.3. The summed E-state index contributed by atoms with van der Waals surface area (Å²) in [6, 6.07) is 7.64. The van der Waals surface area contributed by atoms with E-state index in [9.17, 15) is 4.79 Å². The Labute approximate surface area is 132 Å². The Bertz CT molecular complexity index is 478. The molecule has 116 valence electrons. The summed E-state index contributed by atoms with van der Waals surface area (Å²) in [6.45, 7) is 3.30. The van der Waals surface area contributed by atoms with E-state index >= 15 is 0 Å². The van der Waals surface area contributed by atoms with Crippen LogP contribution >= 0.6 is 11.6 Å². The molecular weight excluding hydrogens is 284 g/mol. The highest BCUT2D eigenvalue weighted by molar-refractivity contribution is 6.30. The number of carbonyl (C=O) groups excluding carboxylic acids is 1. The maximum Gasteiger partial charge on any atom is 0.230 e. The number of benzene rings is 1. The lowest BCUT2D eigenvalue weighted by atomic mass is 9.70.